The van der Waals surface area contributed by atoms with Gasteiger partial charge < -0.3 is 5.32 Å². The van der Waals surface area contributed by atoms with Crippen LogP contribution in [0, 0.1) is 11.8 Å². The normalized spacial score (nSPS) is 23.9. The highest BCUT2D eigenvalue weighted by Gasteiger charge is 2.23. The number of thioether (sulfide) groups is 1. The third-order valence-corrected chi connectivity index (χ3v) is 4.32. The van der Waals surface area contributed by atoms with E-state index in [0.29, 0.717) is 12.5 Å². The summed E-state index contributed by atoms with van der Waals surface area (Å²) in [6.45, 7) is 4.73. The summed E-state index contributed by atoms with van der Waals surface area (Å²) in [7, 11) is 0. The number of halogens is 1. The Hall–Kier alpha value is 0.110. The Balaban J connectivity index is 2.20. The molecule has 0 aromatic rings. The third-order valence-electron chi connectivity index (χ3n) is 2.50. The van der Waals surface area contributed by atoms with Crippen LogP contribution < -0.4 is 5.32 Å². The van der Waals surface area contributed by atoms with Crippen molar-refractivity contribution in [3.8, 4) is 0 Å². The predicted molar refractivity (Wildman–Crippen MR) is 62.9 cm³/mol. The van der Waals surface area contributed by atoms with Crippen molar-refractivity contribution in [1.82, 2.24) is 5.32 Å². The van der Waals surface area contributed by atoms with E-state index in [1.807, 2.05) is 11.8 Å². The lowest BCUT2D eigenvalue weighted by molar-refractivity contribution is -0.124. The van der Waals surface area contributed by atoms with E-state index in [0.717, 1.165) is 17.9 Å². The van der Waals surface area contributed by atoms with Gasteiger partial charge in [-0.2, -0.15) is 11.8 Å². The van der Waals surface area contributed by atoms with Crippen LogP contribution in [0.3, 0.4) is 0 Å². The zero-order chi connectivity index (χ0) is 10.6. The van der Waals surface area contributed by atoms with Gasteiger partial charge in [0, 0.05) is 18.2 Å². The maximum absolute atomic E-state index is 11.6. The van der Waals surface area contributed by atoms with Crippen LogP contribution in [0.5, 0.6) is 0 Å². The monoisotopic (exact) mass is 235 g/mol. The van der Waals surface area contributed by atoms with Crippen LogP contribution in [0.25, 0.3) is 0 Å². The highest BCUT2D eigenvalue weighted by molar-refractivity contribution is 7.99. The zero-order valence-corrected chi connectivity index (χ0v) is 10.3. The quantitative estimate of drug-likeness (QED) is 0.757. The second-order valence-corrected chi connectivity index (χ2v) is 5.78. The van der Waals surface area contributed by atoms with Crippen LogP contribution in [0.4, 0.5) is 0 Å². The minimum Gasteiger partial charge on any atom is -0.354 e. The Labute approximate surface area is 95.2 Å². The van der Waals surface area contributed by atoms with E-state index in [4.69, 9.17) is 11.6 Å². The van der Waals surface area contributed by atoms with Crippen molar-refractivity contribution in [2.75, 3.05) is 18.1 Å². The topological polar surface area (TPSA) is 29.1 Å². The molecule has 0 spiro atoms. The van der Waals surface area contributed by atoms with Gasteiger partial charge in [0.2, 0.25) is 5.91 Å². The molecule has 2 unspecified atom stereocenters. The summed E-state index contributed by atoms with van der Waals surface area (Å²) >= 11 is 7.90. The van der Waals surface area contributed by atoms with Crippen molar-refractivity contribution in [3.63, 3.8) is 0 Å². The molecule has 0 aromatic carbocycles. The minimum atomic E-state index is 0.0491. The van der Waals surface area contributed by atoms with E-state index in [2.05, 4.69) is 19.2 Å². The first-order valence-corrected chi connectivity index (χ1v) is 6.70. The van der Waals surface area contributed by atoms with Crippen molar-refractivity contribution in [2.24, 2.45) is 11.8 Å². The lowest BCUT2D eigenvalue weighted by Crippen LogP contribution is -2.36. The van der Waals surface area contributed by atoms with Gasteiger partial charge in [0.05, 0.1) is 5.38 Å². The maximum atomic E-state index is 11.6. The standard InChI is InChI=1S/C10H18ClNOS/c1-7(2)9(11)5-12-10(13)8-3-4-14-6-8/h7-9H,3-6H2,1-2H3,(H,12,13). The lowest BCUT2D eigenvalue weighted by atomic mass is 10.1. The van der Waals surface area contributed by atoms with Crippen molar-refractivity contribution < 1.29 is 4.79 Å². The molecule has 1 saturated heterocycles. The van der Waals surface area contributed by atoms with Gasteiger partial charge in [-0.1, -0.05) is 13.8 Å². The van der Waals surface area contributed by atoms with Crippen molar-refractivity contribution in [1.29, 1.82) is 0 Å². The Kier molecular flexibility index (Phi) is 5.10. The molecule has 1 heterocycles. The van der Waals surface area contributed by atoms with Crippen LogP contribution in [0.2, 0.25) is 0 Å². The Morgan fingerprint density at radius 1 is 1.64 bits per heavy atom. The van der Waals surface area contributed by atoms with Gasteiger partial charge >= 0.3 is 0 Å². The molecule has 14 heavy (non-hydrogen) atoms. The lowest BCUT2D eigenvalue weighted by Gasteiger charge is -2.15. The molecule has 2 nitrogen and oxygen atoms in total. The SMILES string of the molecule is CC(C)C(Cl)CNC(=O)C1CCSC1. The predicted octanol–water partition coefficient (Wildman–Crippen LogP) is 2.12. The molecule has 1 aliphatic rings. The molecule has 0 aliphatic carbocycles. The smallest absolute Gasteiger partial charge is 0.224 e. The second-order valence-electron chi connectivity index (χ2n) is 4.07. The number of amides is 1. The fraction of sp³-hybridized carbons (Fsp3) is 0.900. The van der Waals surface area contributed by atoms with Crippen molar-refractivity contribution in [3.05, 3.63) is 0 Å². The molecule has 0 aromatic heterocycles. The van der Waals surface area contributed by atoms with E-state index in [9.17, 15) is 4.79 Å². The Bertz CT molecular complexity index is 193. The highest BCUT2D eigenvalue weighted by atomic mass is 35.5. The molecule has 1 amide bonds. The average molecular weight is 236 g/mol. The van der Waals surface area contributed by atoms with Crippen LogP contribution in [0.1, 0.15) is 20.3 Å². The number of hydrogen-bond acceptors (Lipinski definition) is 2. The second kappa shape index (κ2) is 5.86. The van der Waals surface area contributed by atoms with Gasteiger partial charge in [0.15, 0.2) is 0 Å². The van der Waals surface area contributed by atoms with Gasteiger partial charge in [-0.05, 0) is 18.1 Å². The van der Waals surface area contributed by atoms with E-state index < -0.39 is 0 Å². The molecule has 82 valence electrons. The van der Waals surface area contributed by atoms with E-state index in [1.165, 1.54) is 0 Å². The molecule has 1 aliphatic heterocycles. The molecule has 0 radical (unpaired) electrons. The number of alkyl halides is 1. The van der Waals surface area contributed by atoms with Gasteiger partial charge in [-0.25, -0.2) is 0 Å². The number of carbonyl (C=O) groups is 1. The molecule has 1 fully saturated rings. The summed E-state index contributed by atoms with van der Waals surface area (Å²) in [6.07, 6.45) is 1.02. The molecule has 2 atom stereocenters. The van der Waals surface area contributed by atoms with Crippen LogP contribution >= 0.6 is 23.4 Å². The summed E-state index contributed by atoms with van der Waals surface area (Å²) in [5.74, 6) is 2.90. The van der Waals surface area contributed by atoms with E-state index in [1.54, 1.807) is 0 Å². The summed E-state index contributed by atoms with van der Waals surface area (Å²) in [5, 5.41) is 2.97. The Morgan fingerprint density at radius 2 is 2.36 bits per heavy atom. The summed E-state index contributed by atoms with van der Waals surface area (Å²) in [5.41, 5.74) is 0. The van der Waals surface area contributed by atoms with Gasteiger partial charge in [0.1, 0.15) is 0 Å². The average Bonchev–Trinajstić information content (AvgIpc) is 2.66. The van der Waals surface area contributed by atoms with Gasteiger partial charge in [-0.3, -0.25) is 4.79 Å². The summed E-state index contributed by atoms with van der Waals surface area (Å²) < 4.78 is 0. The number of rotatable bonds is 4. The minimum absolute atomic E-state index is 0.0491. The van der Waals surface area contributed by atoms with Crippen molar-refractivity contribution in [2.45, 2.75) is 25.6 Å². The van der Waals surface area contributed by atoms with E-state index >= 15 is 0 Å². The van der Waals surface area contributed by atoms with Gasteiger partial charge in [0.25, 0.3) is 0 Å². The Morgan fingerprint density at radius 3 is 2.86 bits per heavy atom. The van der Waals surface area contributed by atoms with Crippen LogP contribution in [0.15, 0.2) is 0 Å². The molecule has 1 rings (SSSR count). The fourth-order valence-corrected chi connectivity index (χ4v) is 2.62. The molecular weight excluding hydrogens is 218 g/mol. The van der Waals surface area contributed by atoms with E-state index in [-0.39, 0.29) is 17.2 Å². The summed E-state index contributed by atoms with van der Waals surface area (Å²) in [4.78, 5) is 11.6. The van der Waals surface area contributed by atoms with Gasteiger partial charge in [-0.15, -0.1) is 11.6 Å². The fourth-order valence-electron chi connectivity index (χ4n) is 1.32. The van der Waals surface area contributed by atoms with Crippen LogP contribution in [-0.4, -0.2) is 29.3 Å². The maximum Gasteiger partial charge on any atom is 0.224 e. The third kappa shape index (κ3) is 3.70. The molecular formula is C10H18ClNOS. The van der Waals surface area contributed by atoms with Crippen LogP contribution in [-0.2, 0) is 4.79 Å². The van der Waals surface area contributed by atoms with Crippen molar-refractivity contribution >= 4 is 29.3 Å². The summed E-state index contributed by atoms with van der Waals surface area (Å²) in [6, 6.07) is 0. The first kappa shape index (κ1) is 12.2. The first-order valence-electron chi connectivity index (χ1n) is 5.10. The zero-order valence-electron chi connectivity index (χ0n) is 8.75. The molecule has 0 bridgehead atoms. The largest absolute Gasteiger partial charge is 0.354 e. The number of hydrogen-bond donors (Lipinski definition) is 1. The molecule has 1 N–H and O–H groups in total. The molecule has 4 heteroatoms. The first-order chi connectivity index (χ1) is 6.61. The highest BCUT2D eigenvalue weighted by Crippen LogP contribution is 2.23. The molecule has 0 saturated carbocycles. The number of nitrogens with one attached hydrogen (secondary N) is 1. The number of carbonyl (C=O) groups excluding carboxylic acids is 1.